The summed E-state index contributed by atoms with van der Waals surface area (Å²) in [5.41, 5.74) is 1.57. The molecule has 1 fully saturated rings. The summed E-state index contributed by atoms with van der Waals surface area (Å²) < 4.78 is 5.98. The maximum absolute atomic E-state index is 12.6. The van der Waals surface area contributed by atoms with E-state index in [0.717, 1.165) is 31.6 Å². The maximum Gasteiger partial charge on any atom is 0.274 e. The van der Waals surface area contributed by atoms with Crippen molar-refractivity contribution in [2.24, 2.45) is 0 Å². The maximum atomic E-state index is 12.6. The van der Waals surface area contributed by atoms with Crippen LogP contribution in [0.15, 0.2) is 59.3 Å². The molecular formula is C20H20N4O2. The van der Waals surface area contributed by atoms with Gasteiger partial charge in [-0.05, 0) is 30.5 Å². The lowest BCUT2D eigenvalue weighted by Gasteiger charge is -2.30. The fourth-order valence-corrected chi connectivity index (χ4v) is 3.33. The molecular weight excluding hydrogens is 328 g/mol. The van der Waals surface area contributed by atoms with Gasteiger partial charge in [0.15, 0.2) is 11.6 Å². The first-order valence-electron chi connectivity index (χ1n) is 8.85. The van der Waals surface area contributed by atoms with Crippen LogP contribution in [0.25, 0.3) is 0 Å². The summed E-state index contributed by atoms with van der Waals surface area (Å²) in [5.74, 6) is 1.60. The summed E-state index contributed by atoms with van der Waals surface area (Å²) >= 11 is 0. The van der Waals surface area contributed by atoms with Crippen LogP contribution in [0.4, 0.5) is 0 Å². The van der Waals surface area contributed by atoms with Crippen LogP contribution in [0.3, 0.4) is 0 Å². The first-order valence-corrected chi connectivity index (χ1v) is 8.85. The Kier molecular flexibility index (Phi) is 4.73. The van der Waals surface area contributed by atoms with Crippen molar-refractivity contribution in [1.82, 2.24) is 20.1 Å². The molecule has 1 atom stereocenters. The minimum Gasteiger partial charge on any atom is -0.445 e. The van der Waals surface area contributed by atoms with Crippen molar-refractivity contribution in [3.8, 4) is 0 Å². The molecule has 132 valence electrons. The number of piperidine rings is 1. The molecule has 1 aliphatic rings. The predicted octanol–water partition coefficient (Wildman–Crippen LogP) is 3.08. The highest BCUT2D eigenvalue weighted by Gasteiger charge is 2.29. The van der Waals surface area contributed by atoms with E-state index in [-0.39, 0.29) is 11.8 Å². The molecule has 26 heavy (non-hydrogen) atoms. The molecule has 1 saturated heterocycles. The van der Waals surface area contributed by atoms with E-state index in [4.69, 9.17) is 4.42 Å². The van der Waals surface area contributed by atoms with E-state index in [0.29, 0.717) is 18.1 Å². The number of amides is 1. The van der Waals surface area contributed by atoms with Crippen LogP contribution in [-0.2, 0) is 6.42 Å². The van der Waals surface area contributed by atoms with Gasteiger partial charge in [0.2, 0.25) is 0 Å². The average Bonchev–Trinajstić information content (AvgIpc) is 3.17. The first-order chi connectivity index (χ1) is 12.8. The normalized spacial score (nSPS) is 17.2. The van der Waals surface area contributed by atoms with Crippen LogP contribution >= 0.6 is 0 Å². The Balaban J connectivity index is 1.44. The lowest BCUT2D eigenvalue weighted by atomic mass is 9.97. The van der Waals surface area contributed by atoms with Crippen molar-refractivity contribution < 1.29 is 9.21 Å². The van der Waals surface area contributed by atoms with E-state index in [9.17, 15) is 4.79 Å². The molecule has 3 aromatic rings. The Bertz CT molecular complexity index is 864. The van der Waals surface area contributed by atoms with Crippen molar-refractivity contribution >= 4 is 5.91 Å². The number of aromatic nitrogens is 3. The van der Waals surface area contributed by atoms with Crippen LogP contribution < -0.4 is 0 Å². The summed E-state index contributed by atoms with van der Waals surface area (Å²) in [5, 5.41) is 7.71. The van der Waals surface area contributed by atoms with Crippen molar-refractivity contribution in [3.05, 3.63) is 77.8 Å². The Morgan fingerprint density at radius 1 is 1.19 bits per heavy atom. The van der Waals surface area contributed by atoms with Crippen LogP contribution in [0, 0.1) is 0 Å². The summed E-state index contributed by atoms with van der Waals surface area (Å²) in [6, 6.07) is 13.6. The Hall–Kier alpha value is -3.02. The molecule has 1 unspecified atom stereocenters. The molecule has 2 aromatic heterocycles. The Morgan fingerprint density at radius 3 is 2.88 bits per heavy atom. The third-order valence-electron chi connectivity index (χ3n) is 4.64. The van der Waals surface area contributed by atoms with Gasteiger partial charge in [0.05, 0.1) is 12.1 Å². The van der Waals surface area contributed by atoms with E-state index < -0.39 is 0 Å². The second-order valence-electron chi connectivity index (χ2n) is 6.53. The highest BCUT2D eigenvalue weighted by Crippen LogP contribution is 2.27. The zero-order chi connectivity index (χ0) is 17.8. The molecule has 0 N–H and O–H groups in total. The molecule has 6 heteroatoms. The first kappa shape index (κ1) is 16.4. The zero-order valence-electron chi connectivity index (χ0n) is 14.4. The van der Waals surface area contributed by atoms with Crippen LogP contribution in [0.2, 0.25) is 0 Å². The van der Waals surface area contributed by atoms with E-state index in [2.05, 4.69) is 27.3 Å². The Labute approximate surface area is 151 Å². The molecule has 0 aliphatic carbocycles. The number of hydrogen-bond acceptors (Lipinski definition) is 5. The SMILES string of the molecule is O=C(c1cccnn1)N1CCCC(c2ncc(Cc3ccccc3)o2)C1. The molecule has 1 amide bonds. The highest BCUT2D eigenvalue weighted by molar-refractivity contribution is 5.92. The molecule has 0 bridgehead atoms. The van der Waals surface area contributed by atoms with Gasteiger partial charge in [-0.25, -0.2) is 4.98 Å². The quantitative estimate of drug-likeness (QED) is 0.724. The second kappa shape index (κ2) is 7.47. The lowest BCUT2D eigenvalue weighted by Crippen LogP contribution is -2.39. The van der Waals surface area contributed by atoms with Crippen LogP contribution in [0.1, 0.15) is 46.5 Å². The predicted molar refractivity (Wildman–Crippen MR) is 95.7 cm³/mol. The third-order valence-corrected chi connectivity index (χ3v) is 4.64. The fraction of sp³-hybridized carbons (Fsp3) is 0.300. The van der Waals surface area contributed by atoms with E-state index in [1.54, 1.807) is 24.5 Å². The molecule has 1 aliphatic heterocycles. The van der Waals surface area contributed by atoms with E-state index in [1.807, 2.05) is 23.1 Å². The standard InChI is InChI=1S/C20H20N4O2/c25-20(18-9-4-10-22-23-18)24-11-5-8-16(14-24)19-21-13-17(26-19)12-15-6-2-1-3-7-15/h1-4,6-7,9-10,13,16H,5,8,11-12,14H2. The molecule has 1 aromatic carbocycles. The smallest absolute Gasteiger partial charge is 0.274 e. The zero-order valence-corrected chi connectivity index (χ0v) is 14.4. The summed E-state index contributed by atoms with van der Waals surface area (Å²) in [6.07, 6.45) is 5.98. The number of rotatable bonds is 4. The lowest BCUT2D eigenvalue weighted by molar-refractivity contribution is 0.0690. The number of likely N-dealkylation sites (tertiary alicyclic amines) is 1. The number of carbonyl (C=O) groups is 1. The summed E-state index contributed by atoms with van der Waals surface area (Å²) in [4.78, 5) is 18.9. The van der Waals surface area contributed by atoms with Gasteiger partial charge in [0.25, 0.3) is 5.91 Å². The third kappa shape index (κ3) is 3.64. The summed E-state index contributed by atoms with van der Waals surface area (Å²) in [6.45, 7) is 1.32. The minimum atomic E-state index is -0.0844. The van der Waals surface area contributed by atoms with Gasteiger partial charge in [-0.3, -0.25) is 4.79 Å². The van der Waals surface area contributed by atoms with Crippen molar-refractivity contribution in [3.63, 3.8) is 0 Å². The van der Waals surface area contributed by atoms with Gasteiger partial charge in [0.1, 0.15) is 5.76 Å². The summed E-state index contributed by atoms with van der Waals surface area (Å²) in [7, 11) is 0. The monoisotopic (exact) mass is 348 g/mol. The topological polar surface area (TPSA) is 72.1 Å². The van der Waals surface area contributed by atoms with Crippen molar-refractivity contribution in [1.29, 1.82) is 0 Å². The van der Waals surface area contributed by atoms with Gasteiger partial charge in [-0.15, -0.1) is 5.10 Å². The molecule has 0 saturated carbocycles. The number of nitrogens with zero attached hydrogens (tertiary/aromatic N) is 4. The average molecular weight is 348 g/mol. The number of carbonyl (C=O) groups excluding carboxylic acids is 1. The molecule has 3 heterocycles. The molecule has 0 spiro atoms. The van der Waals surface area contributed by atoms with Gasteiger partial charge < -0.3 is 9.32 Å². The number of benzene rings is 1. The highest BCUT2D eigenvalue weighted by atomic mass is 16.4. The van der Waals surface area contributed by atoms with Crippen molar-refractivity contribution in [2.45, 2.75) is 25.2 Å². The van der Waals surface area contributed by atoms with Gasteiger partial charge in [-0.2, -0.15) is 5.10 Å². The largest absolute Gasteiger partial charge is 0.445 e. The van der Waals surface area contributed by atoms with E-state index >= 15 is 0 Å². The number of oxazole rings is 1. The van der Waals surface area contributed by atoms with Crippen LogP contribution in [-0.4, -0.2) is 39.1 Å². The molecule has 4 rings (SSSR count). The van der Waals surface area contributed by atoms with Gasteiger partial charge in [-0.1, -0.05) is 30.3 Å². The van der Waals surface area contributed by atoms with Crippen LogP contribution in [0.5, 0.6) is 0 Å². The van der Waals surface area contributed by atoms with Gasteiger partial charge in [0, 0.05) is 25.7 Å². The van der Waals surface area contributed by atoms with E-state index in [1.165, 1.54) is 5.56 Å². The van der Waals surface area contributed by atoms with Gasteiger partial charge >= 0.3 is 0 Å². The minimum absolute atomic E-state index is 0.0844. The second-order valence-corrected chi connectivity index (χ2v) is 6.53. The number of hydrogen-bond donors (Lipinski definition) is 0. The molecule has 6 nitrogen and oxygen atoms in total. The fourth-order valence-electron chi connectivity index (χ4n) is 3.33. The Morgan fingerprint density at radius 2 is 2.08 bits per heavy atom. The molecule has 0 radical (unpaired) electrons. The van der Waals surface area contributed by atoms with Crippen molar-refractivity contribution in [2.75, 3.05) is 13.1 Å².